The van der Waals surface area contributed by atoms with E-state index in [4.69, 9.17) is 9.15 Å². The van der Waals surface area contributed by atoms with Crippen LogP contribution in [0.4, 0.5) is 6.01 Å². The molecule has 0 aromatic carbocycles. The van der Waals surface area contributed by atoms with Gasteiger partial charge in [-0.1, -0.05) is 18.9 Å². The molecule has 0 amide bonds. The third-order valence-electron chi connectivity index (χ3n) is 3.43. The van der Waals surface area contributed by atoms with Gasteiger partial charge >= 0.3 is 6.01 Å². The highest BCUT2D eigenvalue weighted by Gasteiger charge is 2.26. The van der Waals surface area contributed by atoms with Gasteiger partial charge < -0.3 is 19.8 Å². The van der Waals surface area contributed by atoms with Crippen LogP contribution in [0, 0.1) is 5.92 Å². The van der Waals surface area contributed by atoms with Crippen molar-refractivity contribution in [3.05, 3.63) is 5.89 Å². The average Bonchev–Trinajstić information content (AvgIpc) is 3.05. The molecule has 0 radical (unpaired) electrons. The first-order valence-corrected chi connectivity index (χ1v) is 7.22. The number of hydrogen-bond acceptors (Lipinski definition) is 6. The minimum Gasteiger partial charge on any atom is -0.407 e. The molecule has 2 unspecified atom stereocenters. The first-order chi connectivity index (χ1) is 9.33. The molecule has 1 aromatic heterocycles. The smallest absolute Gasteiger partial charge is 0.315 e. The fraction of sp³-hybridized carbons (Fsp3) is 0.846. The molecular weight excluding hydrogens is 244 g/mol. The standard InChI is InChI=1S/C13H24N4O2/c1-3-6-14-9-12-16-17-13(19-12)15-8-10-5-7-18-11(10)4-2/h10-11,14H,3-9H2,1-2H3,(H,15,17). The summed E-state index contributed by atoms with van der Waals surface area (Å²) in [7, 11) is 0. The average molecular weight is 268 g/mol. The van der Waals surface area contributed by atoms with E-state index >= 15 is 0 Å². The fourth-order valence-corrected chi connectivity index (χ4v) is 2.36. The van der Waals surface area contributed by atoms with Gasteiger partial charge in [0.05, 0.1) is 12.6 Å². The Hall–Kier alpha value is -1.14. The summed E-state index contributed by atoms with van der Waals surface area (Å²) in [6.45, 7) is 7.58. The number of nitrogens with one attached hydrogen (secondary N) is 2. The van der Waals surface area contributed by atoms with Gasteiger partial charge in [-0.15, -0.1) is 5.10 Å². The molecule has 0 bridgehead atoms. The third-order valence-corrected chi connectivity index (χ3v) is 3.43. The second-order valence-electron chi connectivity index (χ2n) is 4.92. The summed E-state index contributed by atoms with van der Waals surface area (Å²) >= 11 is 0. The van der Waals surface area contributed by atoms with Crippen LogP contribution < -0.4 is 10.6 Å². The lowest BCUT2D eigenvalue weighted by atomic mass is 10.00. The summed E-state index contributed by atoms with van der Waals surface area (Å²) in [5, 5.41) is 14.4. The van der Waals surface area contributed by atoms with Gasteiger partial charge in [0.1, 0.15) is 0 Å². The van der Waals surface area contributed by atoms with E-state index < -0.39 is 0 Å². The van der Waals surface area contributed by atoms with Crippen molar-refractivity contribution in [2.24, 2.45) is 5.92 Å². The van der Waals surface area contributed by atoms with Gasteiger partial charge in [-0.2, -0.15) is 0 Å². The van der Waals surface area contributed by atoms with Gasteiger partial charge in [0.15, 0.2) is 0 Å². The summed E-state index contributed by atoms with van der Waals surface area (Å²) in [6.07, 6.45) is 3.62. The number of aromatic nitrogens is 2. The number of rotatable bonds is 8. The monoisotopic (exact) mass is 268 g/mol. The molecule has 1 fully saturated rings. The molecule has 0 aliphatic carbocycles. The van der Waals surface area contributed by atoms with Crippen molar-refractivity contribution < 1.29 is 9.15 Å². The van der Waals surface area contributed by atoms with Crippen molar-refractivity contribution in [1.29, 1.82) is 0 Å². The highest BCUT2D eigenvalue weighted by atomic mass is 16.5. The highest BCUT2D eigenvalue weighted by molar-refractivity contribution is 5.17. The van der Waals surface area contributed by atoms with Crippen molar-refractivity contribution >= 4 is 6.01 Å². The largest absolute Gasteiger partial charge is 0.407 e. The first kappa shape index (κ1) is 14.3. The molecule has 2 N–H and O–H groups in total. The minimum absolute atomic E-state index is 0.362. The molecule has 0 saturated carbocycles. The number of nitrogens with zero attached hydrogens (tertiary/aromatic N) is 2. The Morgan fingerprint density at radius 1 is 1.32 bits per heavy atom. The quantitative estimate of drug-likeness (QED) is 0.700. The van der Waals surface area contributed by atoms with E-state index in [1.54, 1.807) is 0 Å². The van der Waals surface area contributed by atoms with Gasteiger partial charge in [-0.05, 0) is 25.8 Å². The van der Waals surface area contributed by atoms with E-state index in [1.165, 1.54) is 0 Å². The van der Waals surface area contributed by atoms with E-state index in [-0.39, 0.29) is 0 Å². The molecule has 2 atom stereocenters. The Balaban J connectivity index is 1.73. The van der Waals surface area contributed by atoms with Gasteiger partial charge in [-0.3, -0.25) is 0 Å². The Labute approximate surface area is 114 Å². The lowest BCUT2D eigenvalue weighted by Gasteiger charge is -2.16. The second kappa shape index (κ2) is 7.45. The van der Waals surface area contributed by atoms with Gasteiger partial charge in [0.25, 0.3) is 0 Å². The third kappa shape index (κ3) is 4.18. The predicted molar refractivity (Wildman–Crippen MR) is 72.9 cm³/mol. The molecule has 6 nitrogen and oxygen atoms in total. The van der Waals surface area contributed by atoms with E-state index in [0.29, 0.717) is 30.5 Å². The topological polar surface area (TPSA) is 72.2 Å². The molecule has 108 valence electrons. The molecule has 1 aliphatic rings. The van der Waals surface area contributed by atoms with Crippen LogP contribution in [-0.2, 0) is 11.3 Å². The molecule has 0 spiro atoms. The van der Waals surface area contributed by atoms with Crippen LogP contribution in [0.3, 0.4) is 0 Å². The van der Waals surface area contributed by atoms with E-state index in [1.807, 2.05) is 0 Å². The molecular formula is C13H24N4O2. The Morgan fingerprint density at radius 2 is 2.21 bits per heavy atom. The second-order valence-corrected chi connectivity index (χ2v) is 4.92. The maximum Gasteiger partial charge on any atom is 0.315 e. The van der Waals surface area contributed by atoms with Crippen molar-refractivity contribution in [3.63, 3.8) is 0 Å². The zero-order valence-electron chi connectivity index (χ0n) is 11.8. The van der Waals surface area contributed by atoms with Crippen LogP contribution >= 0.6 is 0 Å². The summed E-state index contributed by atoms with van der Waals surface area (Å²) in [5.74, 6) is 1.17. The van der Waals surface area contributed by atoms with Crippen LogP contribution in [0.5, 0.6) is 0 Å². The summed E-state index contributed by atoms with van der Waals surface area (Å²) < 4.78 is 11.2. The summed E-state index contributed by atoms with van der Waals surface area (Å²) in [4.78, 5) is 0. The SMILES string of the molecule is CCCNCc1nnc(NCC2CCOC2CC)o1. The van der Waals surface area contributed by atoms with Crippen LogP contribution in [-0.4, -0.2) is 36.0 Å². The maximum absolute atomic E-state index is 5.66. The maximum atomic E-state index is 5.66. The molecule has 2 heterocycles. The fourth-order valence-electron chi connectivity index (χ4n) is 2.36. The van der Waals surface area contributed by atoms with Crippen molar-refractivity contribution in [3.8, 4) is 0 Å². The number of ether oxygens (including phenoxy) is 1. The van der Waals surface area contributed by atoms with Gasteiger partial charge in [-0.25, -0.2) is 0 Å². The Morgan fingerprint density at radius 3 is 3.00 bits per heavy atom. The molecule has 1 saturated heterocycles. The lowest BCUT2D eigenvalue weighted by Crippen LogP contribution is -2.22. The molecule has 19 heavy (non-hydrogen) atoms. The van der Waals surface area contributed by atoms with Crippen LogP contribution in [0.15, 0.2) is 4.42 Å². The van der Waals surface area contributed by atoms with Crippen LogP contribution in [0.25, 0.3) is 0 Å². The summed E-state index contributed by atoms with van der Waals surface area (Å²) in [6, 6.07) is 0.509. The Kier molecular flexibility index (Phi) is 5.60. The Bertz CT molecular complexity index is 369. The first-order valence-electron chi connectivity index (χ1n) is 7.22. The molecule has 1 aliphatic heterocycles. The van der Waals surface area contributed by atoms with E-state index in [2.05, 4.69) is 34.7 Å². The van der Waals surface area contributed by atoms with E-state index in [9.17, 15) is 0 Å². The zero-order chi connectivity index (χ0) is 13.5. The molecule has 2 rings (SSSR count). The highest BCUT2D eigenvalue weighted by Crippen LogP contribution is 2.23. The van der Waals surface area contributed by atoms with Gasteiger partial charge in [0, 0.05) is 19.1 Å². The lowest BCUT2D eigenvalue weighted by molar-refractivity contribution is 0.0899. The predicted octanol–water partition coefficient (Wildman–Crippen LogP) is 1.80. The van der Waals surface area contributed by atoms with Crippen LogP contribution in [0.2, 0.25) is 0 Å². The minimum atomic E-state index is 0.362. The van der Waals surface area contributed by atoms with Crippen LogP contribution in [0.1, 0.15) is 39.0 Å². The van der Waals surface area contributed by atoms with Crippen molar-refractivity contribution in [2.75, 3.05) is 25.0 Å². The van der Waals surface area contributed by atoms with E-state index in [0.717, 1.165) is 39.0 Å². The van der Waals surface area contributed by atoms with Crippen molar-refractivity contribution in [1.82, 2.24) is 15.5 Å². The summed E-state index contributed by atoms with van der Waals surface area (Å²) in [5.41, 5.74) is 0. The van der Waals surface area contributed by atoms with Gasteiger partial charge in [0.2, 0.25) is 5.89 Å². The number of anilines is 1. The zero-order valence-corrected chi connectivity index (χ0v) is 11.8. The number of hydrogen-bond donors (Lipinski definition) is 2. The molecule has 6 heteroatoms. The van der Waals surface area contributed by atoms with Crippen molar-refractivity contribution in [2.45, 2.75) is 45.8 Å². The normalized spacial score (nSPS) is 22.8. The molecule has 1 aromatic rings.